The van der Waals surface area contributed by atoms with E-state index in [1.54, 1.807) is 36.4 Å². The van der Waals surface area contributed by atoms with Gasteiger partial charge in [-0.1, -0.05) is 53.0 Å². The van der Waals surface area contributed by atoms with E-state index < -0.39 is 11.8 Å². The molecule has 0 aliphatic carbocycles. The summed E-state index contributed by atoms with van der Waals surface area (Å²) in [7, 11) is 0. The molecule has 0 bridgehead atoms. The molecule has 4 nitrogen and oxygen atoms in total. The van der Waals surface area contributed by atoms with E-state index in [2.05, 4.69) is 5.32 Å². The summed E-state index contributed by atoms with van der Waals surface area (Å²) in [4.78, 5) is 24.2. The van der Waals surface area contributed by atoms with Gasteiger partial charge in [0.25, 0.3) is 5.91 Å². The summed E-state index contributed by atoms with van der Waals surface area (Å²) in [5.74, 6) is -0.877. The number of nitrogens with two attached hydrogens (primary N) is 1. The van der Waals surface area contributed by atoms with E-state index in [-0.39, 0.29) is 11.4 Å². The Hall–Kier alpha value is -1.79. The Bertz CT molecular complexity index is 1000. The summed E-state index contributed by atoms with van der Waals surface area (Å²) >= 11 is 19.7. The van der Waals surface area contributed by atoms with Crippen LogP contribution in [0.3, 0.4) is 0 Å². The first-order chi connectivity index (χ1) is 11.9. The largest absolute Gasteiger partial charge is 0.369 e. The molecule has 2 aromatic carbocycles. The Balaban J connectivity index is 1.98. The molecule has 2 amide bonds. The number of amides is 2. The number of nitrogens with one attached hydrogen (secondary N) is 1. The van der Waals surface area contributed by atoms with Crippen LogP contribution in [-0.2, 0) is 11.2 Å². The second kappa shape index (κ2) is 7.22. The summed E-state index contributed by atoms with van der Waals surface area (Å²) in [6.45, 7) is 0. The van der Waals surface area contributed by atoms with Gasteiger partial charge in [0, 0.05) is 20.8 Å². The first kappa shape index (κ1) is 18.0. The van der Waals surface area contributed by atoms with E-state index >= 15 is 0 Å². The van der Waals surface area contributed by atoms with E-state index in [9.17, 15) is 9.59 Å². The molecule has 0 atom stereocenters. The quantitative estimate of drug-likeness (QED) is 0.621. The molecule has 25 heavy (non-hydrogen) atoms. The first-order valence-corrected chi connectivity index (χ1v) is 9.06. The standard InChI is InChI=1S/C17H11Cl3N2O2S/c18-9-6-10(19)14-12(7-9)25-16(15(14)20)17(24)22-11-4-2-1-3-8(11)5-13(21)23/h1-4,6-7H,5H2,(H2,21,23)(H,22,24). The van der Waals surface area contributed by atoms with Crippen LogP contribution >= 0.6 is 46.1 Å². The van der Waals surface area contributed by atoms with Crippen molar-refractivity contribution < 1.29 is 9.59 Å². The van der Waals surface area contributed by atoms with E-state index in [4.69, 9.17) is 40.5 Å². The molecule has 0 aliphatic heterocycles. The number of carbonyl (C=O) groups is 2. The van der Waals surface area contributed by atoms with Crippen LogP contribution < -0.4 is 11.1 Å². The molecule has 1 aromatic heterocycles. The Morgan fingerprint density at radius 2 is 1.84 bits per heavy atom. The molecular weight excluding hydrogens is 403 g/mol. The maximum Gasteiger partial charge on any atom is 0.267 e. The summed E-state index contributed by atoms with van der Waals surface area (Å²) in [5.41, 5.74) is 6.37. The fourth-order valence-corrected chi connectivity index (χ4v) is 4.69. The van der Waals surface area contributed by atoms with Crippen molar-refractivity contribution in [1.29, 1.82) is 0 Å². The van der Waals surface area contributed by atoms with Gasteiger partial charge in [0.15, 0.2) is 0 Å². The Morgan fingerprint density at radius 1 is 1.12 bits per heavy atom. The van der Waals surface area contributed by atoms with Crippen LogP contribution in [0.2, 0.25) is 15.1 Å². The van der Waals surface area contributed by atoms with Gasteiger partial charge in [0.2, 0.25) is 5.91 Å². The molecule has 0 radical (unpaired) electrons. The van der Waals surface area contributed by atoms with Crippen molar-refractivity contribution >= 4 is 73.7 Å². The van der Waals surface area contributed by atoms with Crippen molar-refractivity contribution in [2.75, 3.05) is 5.32 Å². The van der Waals surface area contributed by atoms with Crippen LogP contribution in [0.4, 0.5) is 5.69 Å². The van der Waals surface area contributed by atoms with Crippen molar-refractivity contribution in [3.63, 3.8) is 0 Å². The smallest absolute Gasteiger partial charge is 0.267 e. The average molecular weight is 414 g/mol. The van der Waals surface area contributed by atoms with Gasteiger partial charge in [-0.05, 0) is 23.8 Å². The zero-order chi connectivity index (χ0) is 18.1. The normalized spacial score (nSPS) is 10.8. The zero-order valence-electron chi connectivity index (χ0n) is 12.6. The average Bonchev–Trinajstić information content (AvgIpc) is 2.85. The SMILES string of the molecule is NC(=O)Cc1ccccc1NC(=O)c1sc2cc(Cl)cc(Cl)c2c1Cl. The minimum atomic E-state index is -0.483. The van der Waals surface area contributed by atoms with E-state index in [0.29, 0.717) is 31.6 Å². The van der Waals surface area contributed by atoms with Gasteiger partial charge in [-0.3, -0.25) is 9.59 Å². The number of thiophene rings is 1. The van der Waals surface area contributed by atoms with Gasteiger partial charge in [-0.2, -0.15) is 0 Å². The zero-order valence-corrected chi connectivity index (χ0v) is 15.7. The van der Waals surface area contributed by atoms with Crippen LogP contribution in [0.5, 0.6) is 0 Å². The molecule has 128 valence electrons. The maximum absolute atomic E-state index is 12.7. The predicted molar refractivity (Wildman–Crippen MR) is 104 cm³/mol. The highest BCUT2D eigenvalue weighted by atomic mass is 35.5. The number of hydrogen-bond acceptors (Lipinski definition) is 3. The highest BCUT2D eigenvalue weighted by Crippen LogP contribution is 2.41. The molecule has 0 unspecified atom stereocenters. The molecule has 3 aromatic rings. The highest BCUT2D eigenvalue weighted by Gasteiger charge is 2.20. The Labute approximate surface area is 162 Å². The topological polar surface area (TPSA) is 72.2 Å². The van der Waals surface area contributed by atoms with Crippen molar-refractivity contribution in [3.8, 4) is 0 Å². The Morgan fingerprint density at radius 3 is 2.56 bits per heavy atom. The van der Waals surface area contributed by atoms with E-state index in [0.717, 1.165) is 4.70 Å². The van der Waals surface area contributed by atoms with Crippen LogP contribution in [-0.4, -0.2) is 11.8 Å². The molecule has 0 aliphatic rings. The molecule has 8 heteroatoms. The highest BCUT2D eigenvalue weighted by molar-refractivity contribution is 7.21. The number of rotatable bonds is 4. The molecule has 0 saturated carbocycles. The monoisotopic (exact) mass is 412 g/mol. The molecule has 3 rings (SSSR count). The summed E-state index contributed by atoms with van der Waals surface area (Å²) in [6, 6.07) is 10.2. The third-order valence-corrected chi connectivity index (χ3v) is 5.63. The van der Waals surface area contributed by atoms with Crippen LogP contribution in [0, 0.1) is 0 Å². The van der Waals surface area contributed by atoms with Crippen molar-refractivity contribution in [1.82, 2.24) is 0 Å². The maximum atomic E-state index is 12.7. The van der Waals surface area contributed by atoms with Gasteiger partial charge in [0.05, 0.1) is 16.5 Å². The van der Waals surface area contributed by atoms with Crippen molar-refractivity contribution in [2.45, 2.75) is 6.42 Å². The lowest BCUT2D eigenvalue weighted by Crippen LogP contribution is -2.17. The fraction of sp³-hybridized carbons (Fsp3) is 0.0588. The molecule has 3 N–H and O–H groups in total. The van der Waals surface area contributed by atoms with Gasteiger partial charge < -0.3 is 11.1 Å². The van der Waals surface area contributed by atoms with Crippen LogP contribution in [0.15, 0.2) is 36.4 Å². The number of halogens is 3. The molecule has 0 spiro atoms. The molecule has 0 fully saturated rings. The number of para-hydroxylation sites is 1. The van der Waals surface area contributed by atoms with Crippen LogP contribution in [0.1, 0.15) is 15.2 Å². The van der Waals surface area contributed by atoms with Gasteiger partial charge in [-0.25, -0.2) is 0 Å². The van der Waals surface area contributed by atoms with E-state index in [1.807, 2.05) is 0 Å². The summed E-state index contributed by atoms with van der Waals surface area (Å²) < 4.78 is 0.720. The Kier molecular flexibility index (Phi) is 5.20. The molecule has 0 saturated heterocycles. The third-order valence-electron chi connectivity index (χ3n) is 3.49. The number of anilines is 1. The molecular formula is C17H11Cl3N2O2S. The number of benzene rings is 2. The predicted octanol–water partition coefficient (Wildman–Crippen LogP) is 5.14. The minimum absolute atomic E-state index is 0.0258. The van der Waals surface area contributed by atoms with E-state index in [1.165, 1.54) is 11.3 Å². The number of fused-ring (bicyclic) bond motifs is 1. The number of carbonyl (C=O) groups excluding carboxylic acids is 2. The lowest BCUT2D eigenvalue weighted by molar-refractivity contribution is -0.117. The second-order valence-electron chi connectivity index (χ2n) is 5.26. The number of primary amides is 1. The van der Waals surface area contributed by atoms with Gasteiger partial charge in [-0.15, -0.1) is 11.3 Å². The summed E-state index contributed by atoms with van der Waals surface area (Å²) in [6.07, 6.45) is 0.0258. The lowest BCUT2D eigenvalue weighted by Gasteiger charge is -2.09. The van der Waals surface area contributed by atoms with Crippen LogP contribution in [0.25, 0.3) is 10.1 Å². The molecule has 1 heterocycles. The third kappa shape index (κ3) is 3.75. The fourth-order valence-electron chi connectivity index (χ4n) is 2.42. The minimum Gasteiger partial charge on any atom is -0.369 e. The number of hydrogen-bond donors (Lipinski definition) is 2. The second-order valence-corrected chi connectivity index (χ2v) is 7.53. The van der Waals surface area contributed by atoms with Gasteiger partial charge in [0.1, 0.15) is 4.88 Å². The summed E-state index contributed by atoms with van der Waals surface area (Å²) in [5, 5.41) is 4.49. The first-order valence-electron chi connectivity index (χ1n) is 7.11. The van der Waals surface area contributed by atoms with Gasteiger partial charge >= 0.3 is 0 Å². The van der Waals surface area contributed by atoms with Crippen molar-refractivity contribution in [2.24, 2.45) is 5.73 Å². The lowest BCUT2D eigenvalue weighted by atomic mass is 10.1. The van der Waals surface area contributed by atoms with Crippen molar-refractivity contribution in [3.05, 3.63) is 61.9 Å².